The number of carbonyl (C=O) groups excluding carboxylic acids is 2. The van der Waals surface area contributed by atoms with Crippen LogP contribution in [0.5, 0.6) is 0 Å². The summed E-state index contributed by atoms with van der Waals surface area (Å²) in [6.45, 7) is 2.45. The van der Waals surface area contributed by atoms with E-state index in [-0.39, 0.29) is 18.2 Å². The van der Waals surface area contributed by atoms with Crippen LogP contribution in [0, 0.1) is 5.92 Å². The highest BCUT2D eigenvalue weighted by atomic mass is 16.2. The van der Waals surface area contributed by atoms with Crippen LogP contribution in [-0.4, -0.2) is 27.9 Å². The van der Waals surface area contributed by atoms with Crippen molar-refractivity contribution in [3.63, 3.8) is 0 Å². The summed E-state index contributed by atoms with van der Waals surface area (Å²) in [7, 11) is 1.97. The third kappa shape index (κ3) is 3.96. The smallest absolute Gasteiger partial charge is 0.227 e. The van der Waals surface area contributed by atoms with E-state index >= 15 is 0 Å². The van der Waals surface area contributed by atoms with Crippen molar-refractivity contribution in [2.45, 2.75) is 25.8 Å². The number of imidazole rings is 1. The molecule has 2 unspecified atom stereocenters. The van der Waals surface area contributed by atoms with Gasteiger partial charge in [-0.15, -0.1) is 0 Å². The van der Waals surface area contributed by atoms with Crippen LogP contribution in [-0.2, 0) is 23.1 Å². The van der Waals surface area contributed by atoms with E-state index in [0.717, 1.165) is 40.1 Å². The molecule has 2 atom stereocenters. The predicted molar refractivity (Wildman–Crippen MR) is 133 cm³/mol. The Balaban J connectivity index is 1.43. The Morgan fingerprint density at radius 2 is 1.74 bits per heavy atom. The molecule has 34 heavy (non-hydrogen) atoms. The van der Waals surface area contributed by atoms with Gasteiger partial charge in [-0.05, 0) is 35.7 Å². The van der Waals surface area contributed by atoms with Gasteiger partial charge in [0.05, 0.1) is 17.0 Å². The second kappa shape index (κ2) is 9.14. The van der Waals surface area contributed by atoms with Crippen molar-refractivity contribution in [3.05, 3.63) is 95.8 Å². The zero-order chi connectivity index (χ0) is 23.7. The predicted octanol–water partition coefficient (Wildman–Crippen LogP) is 4.39. The molecule has 6 nitrogen and oxygen atoms in total. The Bertz CT molecular complexity index is 1350. The zero-order valence-electron chi connectivity index (χ0n) is 19.4. The molecule has 1 N–H and O–H groups in total. The van der Waals surface area contributed by atoms with E-state index in [1.54, 1.807) is 4.90 Å². The second-order valence-corrected chi connectivity index (χ2v) is 8.76. The van der Waals surface area contributed by atoms with Crippen molar-refractivity contribution in [2.24, 2.45) is 13.0 Å². The molecule has 1 saturated heterocycles. The van der Waals surface area contributed by atoms with Gasteiger partial charge in [0.2, 0.25) is 11.8 Å². The van der Waals surface area contributed by atoms with Crippen molar-refractivity contribution in [1.29, 1.82) is 0 Å². The molecule has 2 heterocycles. The van der Waals surface area contributed by atoms with Crippen LogP contribution in [0.4, 0.5) is 5.69 Å². The fourth-order valence-electron chi connectivity index (χ4n) is 4.81. The largest absolute Gasteiger partial charge is 0.342 e. The molecule has 1 aliphatic rings. The number of amides is 2. The Kier molecular flexibility index (Phi) is 5.88. The average Bonchev–Trinajstić information content (AvgIpc) is 3.43. The van der Waals surface area contributed by atoms with Crippen molar-refractivity contribution in [2.75, 3.05) is 11.4 Å². The number of para-hydroxylation sites is 3. The quantitative estimate of drug-likeness (QED) is 0.472. The van der Waals surface area contributed by atoms with Crippen LogP contribution in [0.15, 0.2) is 78.9 Å². The van der Waals surface area contributed by atoms with E-state index in [4.69, 9.17) is 4.98 Å². The van der Waals surface area contributed by atoms with Crippen LogP contribution in [0.1, 0.15) is 36.3 Å². The summed E-state index contributed by atoms with van der Waals surface area (Å²) in [4.78, 5) is 33.0. The first kappa shape index (κ1) is 21.9. The molecule has 6 heteroatoms. The molecule has 0 bridgehead atoms. The summed E-state index contributed by atoms with van der Waals surface area (Å²) in [6, 6.07) is 25.3. The molecular weight excluding hydrogens is 424 g/mol. The summed E-state index contributed by atoms with van der Waals surface area (Å²) < 4.78 is 2.02. The molecule has 5 rings (SSSR count). The highest BCUT2D eigenvalue weighted by Crippen LogP contribution is 2.30. The van der Waals surface area contributed by atoms with E-state index in [1.165, 1.54) is 0 Å². The van der Waals surface area contributed by atoms with E-state index in [2.05, 4.69) is 12.2 Å². The third-order valence-corrected chi connectivity index (χ3v) is 6.66. The molecule has 1 aromatic heterocycles. The summed E-state index contributed by atoms with van der Waals surface area (Å²) in [5.74, 6) is 0.197. The molecule has 1 aliphatic heterocycles. The third-order valence-electron chi connectivity index (χ3n) is 6.66. The minimum Gasteiger partial charge on any atom is -0.342 e. The van der Waals surface area contributed by atoms with Crippen LogP contribution in [0.2, 0.25) is 0 Å². The molecule has 1 fully saturated rings. The number of benzene rings is 3. The van der Waals surface area contributed by atoms with Crippen molar-refractivity contribution in [3.8, 4) is 0 Å². The monoisotopic (exact) mass is 452 g/mol. The van der Waals surface area contributed by atoms with Gasteiger partial charge in [0.15, 0.2) is 0 Å². The Hall–Kier alpha value is -3.93. The Morgan fingerprint density at radius 1 is 1.03 bits per heavy atom. The highest BCUT2D eigenvalue weighted by Gasteiger charge is 2.37. The number of nitrogens with one attached hydrogen (secondary N) is 1. The lowest BCUT2D eigenvalue weighted by molar-refractivity contribution is -0.126. The fourth-order valence-corrected chi connectivity index (χ4v) is 4.81. The summed E-state index contributed by atoms with van der Waals surface area (Å²) >= 11 is 0. The van der Waals surface area contributed by atoms with E-state index in [9.17, 15) is 9.59 Å². The lowest BCUT2D eigenvalue weighted by Gasteiger charge is -2.22. The summed E-state index contributed by atoms with van der Waals surface area (Å²) in [5, 5.41) is 3.21. The SMILES string of the molecule is CCc1ccccc1N1CC(C(=O)NC(c2ccccc2)c2nc3ccccc3n2C)CC1=O. The number of hydrogen-bond acceptors (Lipinski definition) is 3. The maximum atomic E-state index is 13.5. The Labute approximate surface area is 199 Å². The first-order chi connectivity index (χ1) is 16.6. The zero-order valence-corrected chi connectivity index (χ0v) is 19.4. The number of aryl methyl sites for hydroxylation is 2. The number of carbonyl (C=O) groups is 2. The van der Waals surface area contributed by atoms with Gasteiger partial charge in [-0.2, -0.15) is 0 Å². The van der Waals surface area contributed by atoms with Gasteiger partial charge in [-0.1, -0.05) is 67.6 Å². The molecule has 2 amide bonds. The van der Waals surface area contributed by atoms with Crippen LogP contribution < -0.4 is 10.2 Å². The summed E-state index contributed by atoms with van der Waals surface area (Å²) in [5.41, 5.74) is 4.85. The first-order valence-electron chi connectivity index (χ1n) is 11.7. The van der Waals surface area contributed by atoms with Gasteiger partial charge in [-0.3, -0.25) is 9.59 Å². The number of rotatable bonds is 6. The van der Waals surface area contributed by atoms with Gasteiger partial charge in [0.25, 0.3) is 0 Å². The molecule has 0 saturated carbocycles. The molecule has 4 aromatic rings. The minimum atomic E-state index is -0.418. The second-order valence-electron chi connectivity index (χ2n) is 8.76. The Morgan fingerprint density at radius 3 is 2.50 bits per heavy atom. The van der Waals surface area contributed by atoms with Gasteiger partial charge in [0, 0.05) is 25.7 Å². The molecule has 3 aromatic carbocycles. The van der Waals surface area contributed by atoms with Crippen molar-refractivity contribution < 1.29 is 9.59 Å². The minimum absolute atomic E-state index is 0.0139. The van der Waals surface area contributed by atoms with Crippen LogP contribution >= 0.6 is 0 Å². The molecule has 0 aliphatic carbocycles. The van der Waals surface area contributed by atoms with Crippen molar-refractivity contribution in [1.82, 2.24) is 14.9 Å². The number of fused-ring (bicyclic) bond motifs is 1. The summed E-state index contributed by atoms with van der Waals surface area (Å²) in [6.07, 6.45) is 1.04. The van der Waals surface area contributed by atoms with Crippen LogP contribution in [0.25, 0.3) is 11.0 Å². The molecular formula is C28H28N4O2. The highest BCUT2D eigenvalue weighted by molar-refractivity contribution is 6.01. The lowest BCUT2D eigenvalue weighted by atomic mass is 10.0. The normalized spacial score (nSPS) is 16.7. The van der Waals surface area contributed by atoms with Gasteiger partial charge in [0.1, 0.15) is 11.9 Å². The standard InChI is InChI=1S/C28H28N4O2/c1-3-19-11-7-9-15-23(19)32-18-21(17-25(32)33)28(34)30-26(20-12-5-4-6-13-20)27-29-22-14-8-10-16-24(22)31(27)2/h4-16,21,26H,3,17-18H2,1-2H3,(H,30,34). The van der Waals surface area contributed by atoms with Gasteiger partial charge >= 0.3 is 0 Å². The first-order valence-corrected chi connectivity index (χ1v) is 11.7. The number of aromatic nitrogens is 2. The maximum Gasteiger partial charge on any atom is 0.227 e. The topological polar surface area (TPSA) is 67.2 Å². The van der Waals surface area contributed by atoms with Gasteiger partial charge in [-0.25, -0.2) is 4.98 Å². The maximum absolute atomic E-state index is 13.5. The van der Waals surface area contributed by atoms with Crippen molar-refractivity contribution >= 4 is 28.5 Å². The molecule has 0 radical (unpaired) electrons. The van der Waals surface area contributed by atoms with Gasteiger partial charge < -0.3 is 14.8 Å². The molecule has 172 valence electrons. The van der Waals surface area contributed by atoms with Crippen LogP contribution in [0.3, 0.4) is 0 Å². The average molecular weight is 453 g/mol. The van der Waals surface area contributed by atoms with E-state index in [1.807, 2.05) is 90.5 Å². The number of nitrogens with zero attached hydrogens (tertiary/aromatic N) is 3. The van der Waals surface area contributed by atoms with E-state index in [0.29, 0.717) is 6.54 Å². The van der Waals surface area contributed by atoms with E-state index < -0.39 is 12.0 Å². The number of anilines is 1. The number of hydrogen-bond donors (Lipinski definition) is 1. The fraction of sp³-hybridized carbons (Fsp3) is 0.250. The lowest BCUT2D eigenvalue weighted by Crippen LogP contribution is -2.37. The molecule has 0 spiro atoms.